The molecule has 0 aromatic heterocycles. The summed E-state index contributed by atoms with van der Waals surface area (Å²) in [6.45, 7) is 2.11. The number of rotatable bonds is 5. The van der Waals surface area contributed by atoms with Gasteiger partial charge in [-0.15, -0.1) is 0 Å². The number of thioether (sulfide) groups is 1. The Morgan fingerprint density at radius 1 is 1.11 bits per heavy atom. The zero-order valence-electron chi connectivity index (χ0n) is 11.0. The summed E-state index contributed by atoms with van der Waals surface area (Å²) in [6.07, 6.45) is 0. The molecule has 2 aromatic carbocycles. The van der Waals surface area contributed by atoms with Gasteiger partial charge in [0.25, 0.3) is 0 Å². The summed E-state index contributed by atoms with van der Waals surface area (Å²) in [5.41, 5.74) is 3.73. The van der Waals surface area contributed by atoms with Crippen LogP contribution in [0.15, 0.2) is 54.6 Å². The fourth-order valence-corrected chi connectivity index (χ4v) is 3.03. The summed E-state index contributed by atoms with van der Waals surface area (Å²) in [6, 6.07) is 21.0. The Bertz CT molecular complexity index is 557. The van der Waals surface area contributed by atoms with E-state index in [1.165, 1.54) is 11.1 Å². The van der Waals surface area contributed by atoms with E-state index in [0.717, 1.165) is 17.1 Å². The third kappa shape index (κ3) is 4.15. The highest BCUT2D eigenvalue weighted by Crippen LogP contribution is 2.22. The molecule has 1 atom stereocenters. The second-order valence-electron chi connectivity index (χ2n) is 4.60. The lowest BCUT2D eigenvalue weighted by Gasteiger charge is -2.09. The van der Waals surface area contributed by atoms with Crippen LogP contribution in [-0.2, 0) is 5.75 Å². The Labute approximate surface area is 119 Å². The lowest BCUT2D eigenvalue weighted by molar-refractivity contribution is 0.996. The number of hydrogen-bond acceptors (Lipinski definition) is 2. The quantitative estimate of drug-likeness (QED) is 0.794. The summed E-state index contributed by atoms with van der Waals surface area (Å²) in [4.78, 5) is 0. The van der Waals surface area contributed by atoms with Crippen LogP contribution in [0, 0.1) is 18.3 Å². The molecule has 0 heterocycles. The van der Waals surface area contributed by atoms with E-state index in [0.29, 0.717) is 0 Å². The second kappa shape index (κ2) is 7.01. The number of nitriles is 1. The predicted molar refractivity (Wildman–Crippen MR) is 82.1 cm³/mol. The van der Waals surface area contributed by atoms with Crippen molar-refractivity contribution >= 4 is 11.8 Å². The molecule has 0 fully saturated rings. The Hall–Kier alpha value is -1.72. The predicted octanol–water partition coefficient (Wildman–Crippen LogP) is 4.54. The van der Waals surface area contributed by atoms with Gasteiger partial charge < -0.3 is 0 Å². The fourth-order valence-electron chi connectivity index (χ4n) is 1.99. The number of benzene rings is 2. The van der Waals surface area contributed by atoms with E-state index in [4.69, 9.17) is 0 Å². The summed E-state index contributed by atoms with van der Waals surface area (Å²) in [5, 5.41) is 9.26. The van der Waals surface area contributed by atoms with Crippen molar-refractivity contribution in [1.29, 1.82) is 5.26 Å². The van der Waals surface area contributed by atoms with Crippen molar-refractivity contribution in [1.82, 2.24) is 0 Å². The molecule has 0 N–H and O–H groups in total. The van der Waals surface area contributed by atoms with Gasteiger partial charge in [0, 0.05) is 11.5 Å². The van der Waals surface area contributed by atoms with E-state index in [2.05, 4.69) is 37.3 Å². The first kappa shape index (κ1) is 13.7. The molecule has 0 aliphatic carbocycles. The molecule has 96 valence electrons. The van der Waals surface area contributed by atoms with E-state index >= 15 is 0 Å². The maximum Gasteiger partial charge on any atom is 0.0803 e. The normalized spacial score (nSPS) is 11.8. The second-order valence-corrected chi connectivity index (χ2v) is 5.63. The van der Waals surface area contributed by atoms with E-state index in [1.807, 2.05) is 42.1 Å². The molecule has 2 aromatic rings. The molecule has 2 heteroatoms. The first-order valence-corrected chi connectivity index (χ1v) is 7.53. The average molecular weight is 267 g/mol. The Morgan fingerprint density at radius 2 is 1.89 bits per heavy atom. The molecule has 0 saturated carbocycles. The molecule has 1 unspecified atom stereocenters. The van der Waals surface area contributed by atoms with Crippen LogP contribution in [0.2, 0.25) is 0 Å². The number of hydrogen-bond donors (Lipinski definition) is 0. The molecule has 0 aliphatic heterocycles. The molecule has 0 aliphatic rings. The van der Waals surface area contributed by atoms with E-state index in [-0.39, 0.29) is 5.92 Å². The molecule has 0 amide bonds. The molecule has 1 nitrogen and oxygen atoms in total. The minimum atomic E-state index is -0.0176. The SMILES string of the molecule is Cc1cccc(CSCC(C#N)c2ccccc2)c1. The highest BCUT2D eigenvalue weighted by Gasteiger charge is 2.09. The van der Waals surface area contributed by atoms with Crippen molar-refractivity contribution < 1.29 is 0 Å². The van der Waals surface area contributed by atoms with Crippen LogP contribution < -0.4 is 0 Å². The topological polar surface area (TPSA) is 23.8 Å². The molecule has 0 saturated heterocycles. The third-order valence-corrected chi connectivity index (χ3v) is 4.10. The average Bonchev–Trinajstić information content (AvgIpc) is 2.45. The standard InChI is InChI=1S/C17H17NS/c1-14-6-5-7-15(10-14)12-19-13-17(11-18)16-8-3-2-4-9-16/h2-10,17H,12-13H2,1H3. The van der Waals surface area contributed by atoms with Crippen molar-refractivity contribution in [2.75, 3.05) is 5.75 Å². The largest absolute Gasteiger partial charge is 0.198 e. The van der Waals surface area contributed by atoms with Gasteiger partial charge in [-0.1, -0.05) is 60.2 Å². The van der Waals surface area contributed by atoms with E-state index < -0.39 is 0 Å². The van der Waals surface area contributed by atoms with Crippen LogP contribution in [0.1, 0.15) is 22.6 Å². The first-order valence-electron chi connectivity index (χ1n) is 6.37. The van der Waals surface area contributed by atoms with Crippen LogP contribution in [0.3, 0.4) is 0 Å². The van der Waals surface area contributed by atoms with Crippen molar-refractivity contribution in [2.24, 2.45) is 0 Å². The zero-order valence-corrected chi connectivity index (χ0v) is 11.9. The highest BCUT2D eigenvalue weighted by atomic mass is 32.2. The molecule has 0 spiro atoms. The van der Waals surface area contributed by atoms with Gasteiger partial charge in [0.2, 0.25) is 0 Å². The number of aryl methyl sites for hydroxylation is 1. The van der Waals surface area contributed by atoms with Gasteiger partial charge in [-0.05, 0) is 18.1 Å². The summed E-state index contributed by atoms with van der Waals surface area (Å²) in [7, 11) is 0. The highest BCUT2D eigenvalue weighted by molar-refractivity contribution is 7.98. The maximum atomic E-state index is 9.26. The van der Waals surface area contributed by atoms with Crippen molar-refractivity contribution in [3.8, 4) is 6.07 Å². The zero-order chi connectivity index (χ0) is 13.5. The smallest absolute Gasteiger partial charge is 0.0803 e. The lowest BCUT2D eigenvalue weighted by Crippen LogP contribution is -1.99. The van der Waals surface area contributed by atoms with E-state index in [9.17, 15) is 5.26 Å². The molecular weight excluding hydrogens is 250 g/mol. The first-order chi connectivity index (χ1) is 9.29. The molecule has 2 rings (SSSR count). The maximum absolute atomic E-state index is 9.26. The molecular formula is C17H17NS. The van der Waals surface area contributed by atoms with Crippen molar-refractivity contribution in [3.63, 3.8) is 0 Å². The molecule has 19 heavy (non-hydrogen) atoms. The summed E-state index contributed by atoms with van der Waals surface area (Å²) in [5.74, 6) is 1.79. The fraction of sp³-hybridized carbons (Fsp3) is 0.235. The van der Waals surface area contributed by atoms with Crippen LogP contribution in [0.5, 0.6) is 0 Å². The van der Waals surface area contributed by atoms with Crippen LogP contribution in [-0.4, -0.2) is 5.75 Å². The van der Waals surface area contributed by atoms with Crippen LogP contribution in [0.25, 0.3) is 0 Å². The van der Waals surface area contributed by atoms with Crippen molar-refractivity contribution in [3.05, 3.63) is 71.3 Å². The van der Waals surface area contributed by atoms with Crippen LogP contribution in [0.4, 0.5) is 0 Å². The summed E-state index contributed by atoms with van der Waals surface area (Å²) >= 11 is 1.82. The molecule has 0 radical (unpaired) electrons. The van der Waals surface area contributed by atoms with Gasteiger partial charge in [-0.25, -0.2) is 0 Å². The Balaban J connectivity index is 1.90. The number of nitrogens with zero attached hydrogens (tertiary/aromatic N) is 1. The van der Waals surface area contributed by atoms with Gasteiger partial charge >= 0.3 is 0 Å². The minimum Gasteiger partial charge on any atom is -0.198 e. The van der Waals surface area contributed by atoms with Gasteiger partial charge in [0.05, 0.1) is 12.0 Å². The van der Waals surface area contributed by atoms with E-state index in [1.54, 1.807) is 0 Å². The van der Waals surface area contributed by atoms with Gasteiger partial charge in [-0.3, -0.25) is 0 Å². The molecule has 0 bridgehead atoms. The third-order valence-electron chi connectivity index (χ3n) is 2.99. The lowest BCUT2D eigenvalue weighted by atomic mass is 10.0. The van der Waals surface area contributed by atoms with Gasteiger partial charge in [0.1, 0.15) is 0 Å². The Morgan fingerprint density at radius 3 is 2.58 bits per heavy atom. The summed E-state index contributed by atoms with van der Waals surface area (Å²) < 4.78 is 0. The van der Waals surface area contributed by atoms with Gasteiger partial charge in [0.15, 0.2) is 0 Å². The minimum absolute atomic E-state index is 0.0176. The van der Waals surface area contributed by atoms with Gasteiger partial charge in [-0.2, -0.15) is 17.0 Å². The monoisotopic (exact) mass is 267 g/mol. The van der Waals surface area contributed by atoms with Crippen LogP contribution >= 0.6 is 11.8 Å². The Kier molecular flexibility index (Phi) is 5.06. The van der Waals surface area contributed by atoms with Crippen molar-refractivity contribution in [2.45, 2.75) is 18.6 Å².